The standard InChI is InChI=1S/C13H11Cl3N2O/c1-19-13-6-9(17-7-18-13)5-12(16)10-4-8(14)2-3-11(10)15/h2-4,6-7,12H,5H2,1H3. The zero-order chi connectivity index (χ0) is 13.8. The largest absolute Gasteiger partial charge is 0.481 e. The Kier molecular flexibility index (Phi) is 4.86. The highest BCUT2D eigenvalue weighted by Gasteiger charge is 2.14. The first-order chi connectivity index (χ1) is 9.10. The molecule has 2 aromatic rings. The van der Waals surface area contributed by atoms with Crippen LogP contribution in [0.5, 0.6) is 5.88 Å². The molecule has 0 radical (unpaired) electrons. The number of ether oxygens (including phenoxy) is 1. The number of hydrogen-bond acceptors (Lipinski definition) is 3. The van der Waals surface area contributed by atoms with Gasteiger partial charge in [-0.25, -0.2) is 9.97 Å². The second-order valence-electron chi connectivity index (χ2n) is 3.89. The van der Waals surface area contributed by atoms with E-state index in [1.807, 2.05) is 0 Å². The Morgan fingerprint density at radius 3 is 2.74 bits per heavy atom. The maximum atomic E-state index is 6.37. The highest BCUT2D eigenvalue weighted by atomic mass is 35.5. The summed E-state index contributed by atoms with van der Waals surface area (Å²) in [6.07, 6.45) is 1.96. The first-order valence-corrected chi connectivity index (χ1v) is 6.73. The number of alkyl halides is 1. The third-order valence-corrected chi connectivity index (χ3v) is 3.56. The van der Waals surface area contributed by atoms with E-state index in [4.69, 9.17) is 39.5 Å². The van der Waals surface area contributed by atoms with Gasteiger partial charge in [-0.1, -0.05) is 23.2 Å². The number of benzene rings is 1. The minimum atomic E-state index is -0.314. The van der Waals surface area contributed by atoms with Crippen LogP contribution in [-0.4, -0.2) is 17.1 Å². The van der Waals surface area contributed by atoms with E-state index < -0.39 is 0 Å². The lowest BCUT2D eigenvalue weighted by Gasteiger charge is -2.12. The minimum absolute atomic E-state index is 0.314. The van der Waals surface area contributed by atoms with Gasteiger partial charge in [-0.15, -0.1) is 11.6 Å². The van der Waals surface area contributed by atoms with Gasteiger partial charge in [0.05, 0.1) is 12.5 Å². The van der Waals surface area contributed by atoms with Crippen LogP contribution in [0.1, 0.15) is 16.6 Å². The summed E-state index contributed by atoms with van der Waals surface area (Å²) in [5, 5.41) is 0.876. The van der Waals surface area contributed by atoms with E-state index in [2.05, 4.69) is 9.97 Å². The molecule has 0 saturated heterocycles. The molecule has 0 aliphatic rings. The van der Waals surface area contributed by atoms with Crippen LogP contribution in [0.25, 0.3) is 0 Å². The quantitative estimate of drug-likeness (QED) is 0.788. The predicted octanol–water partition coefficient (Wildman–Crippen LogP) is 4.31. The smallest absolute Gasteiger partial charge is 0.216 e. The van der Waals surface area contributed by atoms with Crippen LogP contribution in [0, 0.1) is 0 Å². The van der Waals surface area contributed by atoms with Crippen molar-refractivity contribution in [2.45, 2.75) is 11.8 Å². The normalized spacial score (nSPS) is 12.2. The molecule has 1 aromatic heterocycles. The molecule has 2 rings (SSSR count). The first kappa shape index (κ1) is 14.4. The molecule has 0 aliphatic heterocycles. The molecule has 0 N–H and O–H groups in total. The van der Waals surface area contributed by atoms with Crippen molar-refractivity contribution in [3.8, 4) is 5.88 Å². The van der Waals surface area contributed by atoms with E-state index in [-0.39, 0.29) is 5.38 Å². The molecule has 0 bridgehead atoms. The minimum Gasteiger partial charge on any atom is -0.481 e. The Bertz CT molecular complexity index is 578. The van der Waals surface area contributed by atoms with Gasteiger partial charge in [-0.05, 0) is 23.8 Å². The maximum Gasteiger partial charge on any atom is 0.216 e. The summed E-state index contributed by atoms with van der Waals surface area (Å²) in [7, 11) is 1.55. The van der Waals surface area contributed by atoms with Gasteiger partial charge in [-0.3, -0.25) is 0 Å². The molecular weight excluding hydrogens is 307 g/mol. The number of aromatic nitrogens is 2. The second kappa shape index (κ2) is 6.42. The van der Waals surface area contributed by atoms with E-state index in [1.54, 1.807) is 31.4 Å². The second-order valence-corrected chi connectivity index (χ2v) is 5.26. The molecule has 0 fully saturated rings. The summed E-state index contributed by atoms with van der Waals surface area (Å²) in [6, 6.07) is 6.97. The molecule has 3 nitrogen and oxygen atoms in total. The SMILES string of the molecule is COc1cc(CC(Cl)c2cc(Cl)ccc2Cl)ncn1. The van der Waals surface area contributed by atoms with Crippen LogP contribution in [0.15, 0.2) is 30.6 Å². The van der Waals surface area contributed by atoms with E-state index in [0.29, 0.717) is 22.3 Å². The van der Waals surface area contributed by atoms with Gasteiger partial charge in [0, 0.05) is 28.2 Å². The molecule has 0 spiro atoms. The lowest BCUT2D eigenvalue weighted by molar-refractivity contribution is 0.396. The predicted molar refractivity (Wildman–Crippen MR) is 77.3 cm³/mol. The van der Waals surface area contributed by atoms with Crippen LogP contribution in [-0.2, 0) is 6.42 Å². The van der Waals surface area contributed by atoms with Crippen LogP contribution in [0.2, 0.25) is 10.0 Å². The Balaban J connectivity index is 2.20. The number of hydrogen-bond donors (Lipinski definition) is 0. The van der Waals surface area contributed by atoms with Crippen molar-refractivity contribution >= 4 is 34.8 Å². The van der Waals surface area contributed by atoms with Crippen molar-refractivity contribution in [1.82, 2.24) is 9.97 Å². The fourth-order valence-electron chi connectivity index (χ4n) is 1.65. The lowest BCUT2D eigenvalue weighted by Crippen LogP contribution is -2.00. The fraction of sp³-hybridized carbons (Fsp3) is 0.231. The highest BCUT2D eigenvalue weighted by molar-refractivity contribution is 6.34. The van der Waals surface area contributed by atoms with Crippen molar-refractivity contribution < 1.29 is 4.74 Å². The van der Waals surface area contributed by atoms with Gasteiger partial charge in [0.1, 0.15) is 6.33 Å². The Morgan fingerprint density at radius 1 is 1.21 bits per heavy atom. The number of nitrogens with zero attached hydrogens (tertiary/aromatic N) is 2. The summed E-state index contributed by atoms with van der Waals surface area (Å²) < 4.78 is 5.04. The molecule has 0 amide bonds. The van der Waals surface area contributed by atoms with Crippen molar-refractivity contribution in [3.63, 3.8) is 0 Å². The summed E-state index contributed by atoms with van der Waals surface area (Å²) >= 11 is 18.4. The molecule has 19 heavy (non-hydrogen) atoms. The zero-order valence-corrected chi connectivity index (χ0v) is 12.4. The van der Waals surface area contributed by atoms with Crippen molar-refractivity contribution in [2.24, 2.45) is 0 Å². The van der Waals surface area contributed by atoms with Crippen molar-refractivity contribution in [1.29, 1.82) is 0 Å². The third kappa shape index (κ3) is 3.72. The summed E-state index contributed by atoms with van der Waals surface area (Å²) in [5.41, 5.74) is 1.57. The maximum absolute atomic E-state index is 6.37. The Morgan fingerprint density at radius 2 is 2.00 bits per heavy atom. The van der Waals surface area contributed by atoms with Gasteiger partial charge in [-0.2, -0.15) is 0 Å². The van der Waals surface area contributed by atoms with Crippen LogP contribution >= 0.6 is 34.8 Å². The fourth-order valence-corrected chi connectivity index (χ4v) is 2.47. The molecule has 0 aliphatic carbocycles. The van der Waals surface area contributed by atoms with Gasteiger partial charge in [0.15, 0.2) is 0 Å². The lowest BCUT2D eigenvalue weighted by atomic mass is 10.1. The van der Waals surface area contributed by atoms with Gasteiger partial charge in [0.25, 0.3) is 0 Å². The zero-order valence-electron chi connectivity index (χ0n) is 10.1. The summed E-state index contributed by atoms with van der Waals surface area (Å²) in [6.45, 7) is 0. The van der Waals surface area contributed by atoms with E-state index >= 15 is 0 Å². The van der Waals surface area contributed by atoms with Crippen molar-refractivity contribution in [3.05, 3.63) is 51.9 Å². The average Bonchev–Trinajstić information content (AvgIpc) is 2.41. The third-order valence-electron chi connectivity index (χ3n) is 2.59. The highest BCUT2D eigenvalue weighted by Crippen LogP contribution is 2.32. The summed E-state index contributed by atoms with van der Waals surface area (Å²) in [5.74, 6) is 0.506. The molecule has 100 valence electrons. The number of rotatable bonds is 4. The van der Waals surface area contributed by atoms with Crippen LogP contribution < -0.4 is 4.74 Å². The molecule has 1 unspecified atom stereocenters. The number of methoxy groups -OCH3 is 1. The van der Waals surface area contributed by atoms with E-state index in [1.165, 1.54) is 6.33 Å². The molecule has 1 aromatic carbocycles. The van der Waals surface area contributed by atoms with Gasteiger partial charge in [0.2, 0.25) is 5.88 Å². The molecule has 0 saturated carbocycles. The first-order valence-electron chi connectivity index (χ1n) is 5.54. The number of halogens is 3. The molecule has 1 atom stereocenters. The van der Waals surface area contributed by atoms with Crippen LogP contribution in [0.4, 0.5) is 0 Å². The van der Waals surface area contributed by atoms with Gasteiger partial charge < -0.3 is 4.74 Å². The molecule has 1 heterocycles. The van der Waals surface area contributed by atoms with Crippen LogP contribution in [0.3, 0.4) is 0 Å². The van der Waals surface area contributed by atoms with Crippen molar-refractivity contribution in [2.75, 3.05) is 7.11 Å². The monoisotopic (exact) mass is 316 g/mol. The average molecular weight is 318 g/mol. The molecule has 6 heteroatoms. The Hall–Kier alpha value is -1.03. The summed E-state index contributed by atoms with van der Waals surface area (Å²) in [4.78, 5) is 8.10. The Labute approximate surface area is 126 Å². The topological polar surface area (TPSA) is 35.0 Å². The van der Waals surface area contributed by atoms with Gasteiger partial charge >= 0.3 is 0 Å². The van der Waals surface area contributed by atoms with E-state index in [0.717, 1.165) is 11.3 Å². The van der Waals surface area contributed by atoms with E-state index in [9.17, 15) is 0 Å². The molecular formula is C13H11Cl3N2O.